The lowest BCUT2D eigenvalue weighted by molar-refractivity contribution is -0.117. The largest absolute Gasteiger partial charge is 0.497 e. The first-order valence-electron chi connectivity index (χ1n) is 11.7. The summed E-state index contributed by atoms with van der Waals surface area (Å²) >= 11 is 0. The van der Waals surface area contributed by atoms with Crippen LogP contribution >= 0.6 is 0 Å². The minimum Gasteiger partial charge on any atom is -0.497 e. The molecule has 2 heterocycles. The van der Waals surface area contributed by atoms with Crippen molar-refractivity contribution in [3.63, 3.8) is 0 Å². The molecular weight excluding hydrogens is 448 g/mol. The molecular formula is C26H32N4O5. The number of aromatic nitrogens is 1. The number of H-pyrrole nitrogens is 1. The number of nitrogens with one attached hydrogen (secondary N) is 2. The highest BCUT2D eigenvalue weighted by Crippen LogP contribution is 2.32. The second-order valence-electron chi connectivity index (χ2n) is 8.53. The standard InChI is InChI=1S/C26H32N4O5/c1-5-35-26(32)25-24(21-14-20(34-4)9-10-22(21)27-25)28-23(31)16-29-11-12-30(17(2)15-29)18-7-6-8-19(13-18)33-3/h6-10,13-14,17,27H,5,11-12,15-16H2,1-4H3,(H,28,31)/t17-/m0/s1. The van der Waals surface area contributed by atoms with Gasteiger partial charge in [0.25, 0.3) is 0 Å². The van der Waals surface area contributed by atoms with Crippen LogP contribution in [0.25, 0.3) is 10.9 Å². The fraction of sp³-hybridized carbons (Fsp3) is 0.385. The SMILES string of the molecule is CCOC(=O)c1[nH]c2ccc(OC)cc2c1NC(=O)CN1CCN(c2cccc(OC)c2)[C@@H](C)C1. The predicted octanol–water partition coefficient (Wildman–Crippen LogP) is 3.51. The van der Waals surface area contributed by atoms with Gasteiger partial charge in [-0.15, -0.1) is 0 Å². The molecule has 0 saturated carbocycles. The van der Waals surface area contributed by atoms with E-state index < -0.39 is 5.97 Å². The highest BCUT2D eigenvalue weighted by atomic mass is 16.5. The number of esters is 1. The normalized spacial score (nSPS) is 16.2. The molecule has 1 atom stereocenters. The van der Waals surface area contributed by atoms with Crippen LogP contribution in [-0.4, -0.2) is 74.8 Å². The monoisotopic (exact) mass is 480 g/mol. The first-order chi connectivity index (χ1) is 16.9. The molecule has 1 amide bonds. The number of hydrogen-bond donors (Lipinski definition) is 2. The van der Waals surface area contributed by atoms with Gasteiger partial charge in [-0.25, -0.2) is 4.79 Å². The number of carbonyl (C=O) groups excluding carboxylic acids is 2. The molecule has 9 heteroatoms. The topological polar surface area (TPSA) is 96.1 Å². The van der Waals surface area contributed by atoms with Crippen molar-refractivity contribution in [3.05, 3.63) is 48.2 Å². The summed E-state index contributed by atoms with van der Waals surface area (Å²) in [5.74, 6) is 0.744. The number of ether oxygens (including phenoxy) is 3. The molecule has 9 nitrogen and oxygen atoms in total. The summed E-state index contributed by atoms with van der Waals surface area (Å²) in [6, 6.07) is 13.6. The second kappa shape index (κ2) is 10.7. The van der Waals surface area contributed by atoms with Crippen molar-refractivity contribution in [3.8, 4) is 11.5 Å². The van der Waals surface area contributed by atoms with Gasteiger partial charge in [0.1, 0.15) is 17.2 Å². The van der Waals surface area contributed by atoms with Gasteiger partial charge in [-0.2, -0.15) is 0 Å². The van der Waals surface area contributed by atoms with Gasteiger partial charge >= 0.3 is 5.97 Å². The number of nitrogens with zero attached hydrogens (tertiary/aromatic N) is 2. The maximum Gasteiger partial charge on any atom is 0.356 e. The maximum absolute atomic E-state index is 13.1. The minimum absolute atomic E-state index is 0.193. The van der Waals surface area contributed by atoms with E-state index in [-0.39, 0.29) is 30.8 Å². The van der Waals surface area contributed by atoms with E-state index in [1.54, 1.807) is 33.3 Å². The Morgan fingerprint density at radius 1 is 1.09 bits per heavy atom. The third kappa shape index (κ3) is 5.35. The summed E-state index contributed by atoms with van der Waals surface area (Å²) in [5.41, 5.74) is 2.45. The van der Waals surface area contributed by atoms with Crippen LogP contribution in [0.3, 0.4) is 0 Å². The van der Waals surface area contributed by atoms with Crippen molar-refractivity contribution in [1.82, 2.24) is 9.88 Å². The molecule has 0 bridgehead atoms. The van der Waals surface area contributed by atoms with Gasteiger partial charge < -0.3 is 29.4 Å². The number of aromatic amines is 1. The van der Waals surface area contributed by atoms with Crippen LogP contribution in [0, 0.1) is 0 Å². The maximum atomic E-state index is 13.1. The quantitative estimate of drug-likeness (QED) is 0.476. The summed E-state index contributed by atoms with van der Waals surface area (Å²) in [6.07, 6.45) is 0. The van der Waals surface area contributed by atoms with Gasteiger partial charge in [0.05, 0.1) is 33.1 Å². The van der Waals surface area contributed by atoms with E-state index in [0.29, 0.717) is 22.3 Å². The highest BCUT2D eigenvalue weighted by Gasteiger charge is 2.27. The van der Waals surface area contributed by atoms with Crippen molar-refractivity contribution in [1.29, 1.82) is 0 Å². The van der Waals surface area contributed by atoms with Crippen molar-refractivity contribution in [2.24, 2.45) is 0 Å². The number of anilines is 2. The molecule has 186 valence electrons. The van der Waals surface area contributed by atoms with E-state index in [1.165, 1.54) is 0 Å². The molecule has 0 spiro atoms. The van der Waals surface area contributed by atoms with Gasteiger partial charge in [-0.1, -0.05) is 6.07 Å². The van der Waals surface area contributed by atoms with E-state index in [2.05, 4.69) is 33.1 Å². The van der Waals surface area contributed by atoms with Crippen LogP contribution in [0.4, 0.5) is 11.4 Å². The lowest BCUT2D eigenvalue weighted by Crippen LogP contribution is -2.53. The first kappa shape index (κ1) is 24.4. The fourth-order valence-electron chi connectivity index (χ4n) is 4.52. The third-order valence-electron chi connectivity index (χ3n) is 6.21. The molecule has 2 N–H and O–H groups in total. The molecule has 35 heavy (non-hydrogen) atoms. The molecule has 0 radical (unpaired) electrons. The minimum atomic E-state index is -0.515. The molecule has 1 aromatic heterocycles. The molecule has 1 aliphatic heterocycles. The Bertz CT molecular complexity index is 1210. The Morgan fingerprint density at radius 2 is 1.86 bits per heavy atom. The van der Waals surface area contributed by atoms with E-state index in [0.717, 1.165) is 31.1 Å². The smallest absolute Gasteiger partial charge is 0.356 e. The second-order valence-corrected chi connectivity index (χ2v) is 8.53. The van der Waals surface area contributed by atoms with Crippen molar-refractivity contribution in [2.75, 3.05) is 57.2 Å². The Labute approximate surface area is 204 Å². The van der Waals surface area contributed by atoms with Crippen molar-refractivity contribution in [2.45, 2.75) is 19.9 Å². The van der Waals surface area contributed by atoms with Gasteiger partial charge in [-0.05, 0) is 44.2 Å². The molecule has 0 aliphatic carbocycles. The van der Waals surface area contributed by atoms with Crippen LogP contribution in [0.15, 0.2) is 42.5 Å². The number of benzene rings is 2. The van der Waals surface area contributed by atoms with Crippen molar-refractivity contribution < 1.29 is 23.8 Å². The molecule has 1 aliphatic rings. The molecule has 3 aromatic rings. The Balaban J connectivity index is 1.47. The van der Waals surface area contributed by atoms with Gasteiger partial charge in [0.2, 0.25) is 5.91 Å². The Morgan fingerprint density at radius 3 is 2.57 bits per heavy atom. The third-order valence-corrected chi connectivity index (χ3v) is 6.21. The van der Waals surface area contributed by atoms with Gasteiger partial charge in [0, 0.05) is 48.3 Å². The van der Waals surface area contributed by atoms with Crippen LogP contribution in [-0.2, 0) is 9.53 Å². The van der Waals surface area contributed by atoms with Crippen molar-refractivity contribution >= 4 is 34.2 Å². The summed E-state index contributed by atoms with van der Waals surface area (Å²) < 4.78 is 15.9. The zero-order chi connectivity index (χ0) is 24.9. The number of carbonyl (C=O) groups is 2. The molecule has 4 rings (SSSR count). The van der Waals surface area contributed by atoms with E-state index in [9.17, 15) is 9.59 Å². The number of amides is 1. The fourth-order valence-corrected chi connectivity index (χ4v) is 4.52. The molecule has 1 fully saturated rings. The summed E-state index contributed by atoms with van der Waals surface area (Å²) in [4.78, 5) is 33.1. The predicted molar refractivity (Wildman–Crippen MR) is 136 cm³/mol. The Kier molecular flexibility index (Phi) is 7.45. The highest BCUT2D eigenvalue weighted by molar-refractivity contribution is 6.11. The first-order valence-corrected chi connectivity index (χ1v) is 11.7. The molecule has 0 unspecified atom stereocenters. The number of piperazine rings is 1. The molecule has 1 saturated heterocycles. The van der Waals surface area contributed by atoms with Crippen LogP contribution in [0.2, 0.25) is 0 Å². The lowest BCUT2D eigenvalue weighted by atomic mass is 10.1. The van der Waals surface area contributed by atoms with Crippen LogP contribution < -0.4 is 19.7 Å². The summed E-state index contributed by atoms with van der Waals surface area (Å²) in [6.45, 7) is 6.61. The van der Waals surface area contributed by atoms with Crippen LogP contribution in [0.5, 0.6) is 11.5 Å². The zero-order valence-corrected chi connectivity index (χ0v) is 20.6. The number of methoxy groups -OCH3 is 2. The number of rotatable bonds is 8. The van der Waals surface area contributed by atoms with Crippen LogP contribution in [0.1, 0.15) is 24.3 Å². The lowest BCUT2D eigenvalue weighted by Gasteiger charge is -2.41. The number of fused-ring (bicyclic) bond motifs is 1. The van der Waals surface area contributed by atoms with Gasteiger partial charge in [-0.3, -0.25) is 9.69 Å². The Hall–Kier alpha value is -3.72. The van der Waals surface area contributed by atoms with E-state index in [1.807, 2.05) is 24.3 Å². The number of hydrogen-bond acceptors (Lipinski definition) is 7. The average molecular weight is 481 g/mol. The van der Waals surface area contributed by atoms with Gasteiger partial charge in [0.15, 0.2) is 0 Å². The zero-order valence-electron chi connectivity index (χ0n) is 20.6. The summed E-state index contributed by atoms with van der Waals surface area (Å²) in [7, 11) is 3.24. The molecule has 2 aromatic carbocycles. The summed E-state index contributed by atoms with van der Waals surface area (Å²) in [5, 5.41) is 3.64. The average Bonchev–Trinajstić information content (AvgIpc) is 3.21. The van der Waals surface area contributed by atoms with E-state index in [4.69, 9.17) is 14.2 Å². The van der Waals surface area contributed by atoms with E-state index >= 15 is 0 Å².